The average Bonchev–Trinajstić information content (AvgIpc) is 3.05. The number of thioether (sulfide) groups is 1. The van der Waals surface area contributed by atoms with Crippen molar-refractivity contribution in [2.45, 2.75) is 31.7 Å². The van der Waals surface area contributed by atoms with E-state index in [0.29, 0.717) is 17.0 Å². The van der Waals surface area contributed by atoms with Crippen LogP contribution in [0, 0.1) is 13.8 Å². The molecule has 0 radical (unpaired) electrons. The van der Waals surface area contributed by atoms with Gasteiger partial charge in [-0.05, 0) is 55.3 Å². The fourth-order valence-corrected chi connectivity index (χ4v) is 4.97. The maximum atomic E-state index is 12.5. The molecule has 3 aromatic rings. The molecule has 6 nitrogen and oxygen atoms in total. The van der Waals surface area contributed by atoms with Gasteiger partial charge in [0.2, 0.25) is 5.91 Å². The quantitative estimate of drug-likeness (QED) is 0.405. The molecule has 0 bridgehead atoms. The van der Waals surface area contributed by atoms with Crippen molar-refractivity contribution in [3.8, 4) is 5.75 Å². The second-order valence-corrected chi connectivity index (χ2v) is 8.90. The van der Waals surface area contributed by atoms with Crippen LogP contribution in [-0.2, 0) is 20.9 Å². The number of carbonyl (C=O) groups excluding carboxylic acids is 2. The van der Waals surface area contributed by atoms with Crippen LogP contribution in [0.4, 0.5) is 0 Å². The molecular weight excluding hydrogens is 420 g/mol. The number of hydrogen-bond donors (Lipinski definition) is 0. The molecule has 1 amide bonds. The molecule has 0 saturated heterocycles. The van der Waals surface area contributed by atoms with Crippen LogP contribution in [0.2, 0.25) is 0 Å². The molecule has 8 heteroatoms. The molecule has 0 aliphatic heterocycles. The highest BCUT2D eigenvalue weighted by Gasteiger charge is 2.14. The Balaban J connectivity index is 1.81. The van der Waals surface area contributed by atoms with Crippen molar-refractivity contribution in [2.75, 3.05) is 20.0 Å². The van der Waals surface area contributed by atoms with Crippen LogP contribution in [0.15, 0.2) is 46.3 Å². The maximum absolute atomic E-state index is 12.5. The van der Waals surface area contributed by atoms with E-state index in [1.165, 1.54) is 18.4 Å². The van der Waals surface area contributed by atoms with Crippen LogP contribution >= 0.6 is 23.1 Å². The lowest BCUT2D eigenvalue weighted by molar-refractivity contribution is -0.141. The number of nitrogens with zero attached hydrogens (tertiary/aromatic N) is 2. The highest BCUT2D eigenvalue weighted by Crippen LogP contribution is 2.24. The lowest BCUT2D eigenvalue weighted by Crippen LogP contribution is -2.22. The first kappa shape index (κ1) is 22.1. The van der Waals surface area contributed by atoms with Crippen LogP contribution < -0.4 is 9.54 Å². The summed E-state index contributed by atoms with van der Waals surface area (Å²) < 4.78 is 12.8. The average molecular weight is 445 g/mol. The minimum atomic E-state index is -0.377. The van der Waals surface area contributed by atoms with Gasteiger partial charge in [0.05, 0.1) is 24.4 Å². The number of ether oxygens (including phenoxy) is 2. The van der Waals surface area contributed by atoms with E-state index in [1.807, 2.05) is 44.2 Å². The zero-order valence-corrected chi connectivity index (χ0v) is 19.1. The largest absolute Gasteiger partial charge is 0.497 e. The Bertz CT molecular complexity index is 1130. The van der Waals surface area contributed by atoms with Crippen molar-refractivity contribution in [3.63, 3.8) is 0 Å². The summed E-state index contributed by atoms with van der Waals surface area (Å²) in [6.45, 7) is 4.04. The van der Waals surface area contributed by atoms with Gasteiger partial charge in [0.25, 0.3) is 0 Å². The summed E-state index contributed by atoms with van der Waals surface area (Å²) in [6, 6.07) is 11.8. The summed E-state index contributed by atoms with van der Waals surface area (Å²) in [7, 11) is 2.98. The van der Waals surface area contributed by atoms with E-state index in [0.717, 1.165) is 32.0 Å². The van der Waals surface area contributed by atoms with E-state index >= 15 is 0 Å². The zero-order valence-electron chi connectivity index (χ0n) is 17.4. The van der Waals surface area contributed by atoms with Gasteiger partial charge in [-0.1, -0.05) is 17.4 Å². The third kappa shape index (κ3) is 5.31. The van der Waals surface area contributed by atoms with E-state index < -0.39 is 0 Å². The topological polar surface area (TPSA) is 69.9 Å². The fourth-order valence-electron chi connectivity index (χ4n) is 3.03. The Labute approximate surface area is 183 Å². The molecule has 0 saturated carbocycles. The number of aryl methyl sites for hydroxylation is 2. The van der Waals surface area contributed by atoms with E-state index in [1.54, 1.807) is 23.4 Å². The van der Waals surface area contributed by atoms with Gasteiger partial charge in [0.15, 0.2) is 4.80 Å². The highest BCUT2D eigenvalue weighted by atomic mass is 32.2. The van der Waals surface area contributed by atoms with Crippen LogP contribution in [0.3, 0.4) is 0 Å². The number of esters is 1. The van der Waals surface area contributed by atoms with E-state index in [-0.39, 0.29) is 18.4 Å². The second kappa shape index (κ2) is 9.95. The minimum absolute atomic E-state index is 0.0199. The van der Waals surface area contributed by atoms with Crippen LogP contribution in [0.1, 0.15) is 17.5 Å². The summed E-state index contributed by atoms with van der Waals surface area (Å²) in [5.74, 6) is 0.832. The summed E-state index contributed by atoms with van der Waals surface area (Å²) in [4.78, 5) is 30.3. The fraction of sp³-hybridized carbons (Fsp3) is 0.318. The Morgan fingerprint density at radius 2 is 1.87 bits per heavy atom. The van der Waals surface area contributed by atoms with Gasteiger partial charge in [-0.3, -0.25) is 9.59 Å². The molecule has 158 valence electrons. The molecule has 0 unspecified atom stereocenters. The van der Waals surface area contributed by atoms with Gasteiger partial charge in [0.1, 0.15) is 12.3 Å². The zero-order chi connectivity index (χ0) is 21.7. The third-order valence-corrected chi connectivity index (χ3v) is 6.74. The predicted octanol–water partition coefficient (Wildman–Crippen LogP) is 4.11. The van der Waals surface area contributed by atoms with Crippen molar-refractivity contribution < 1.29 is 19.1 Å². The number of hydrogen-bond acceptors (Lipinski definition) is 6. The summed E-state index contributed by atoms with van der Waals surface area (Å²) >= 11 is 3.01. The Kier molecular flexibility index (Phi) is 7.33. The van der Waals surface area contributed by atoms with Gasteiger partial charge in [-0.2, -0.15) is 4.99 Å². The number of fused-ring (bicyclic) bond motifs is 1. The van der Waals surface area contributed by atoms with Crippen LogP contribution in [-0.4, -0.2) is 36.4 Å². The first-order chi connectivity index (χ1) is 14.4. The highest BCUT2D eigenvalue weighted by molar-refractivity contribution is 7.99. The summed E-state index contributed by atoms with van der Waals surface area (Å²) in [5, 5.41) is 0. The predicted molar refractivity (Wildman–Crippen MR) is 120 cm³/mol. The SMILES string of the molecule is COC(=O)Cn1c(=NC(=O)CCSc2ccc(OC)cc2)sc2c(C)cc(C)cc21. The molecular formula is C22H24N2O4S2. The lowest BCUT2D eigenvalue weighted by atomic mass is 10.1. The standard InChI is InChI=1S/C22H24N2O4S2/c1-14-11-15(2)21-18(12-14)24(13-20(26)28-4)22(30-21)23-19(25)9-10-29-17-7-5-16(27-3)6-8-17/h5-8,11-12H,9-10,13H2,1-4H3. The molecule has 0 aliphatic rings. The number of amides is 1. The van der Waals surface area contributed by atoms with E-state index in [9.17, 15) is 9.59 Å². The normalized spacial score (nSPS) is 11.7. The molecule has 2 aromatic carbocycles. The van der Waals surface area contributed by atoms with Crippen LogP contribution in [0.5, 0.6) is 5.75 Å². The van der Waals surface area contributed by atoms with E-state index in [2.05, 4.69) is 11.1 Å². The molecule has 0 aliphatic carbocycles. The molecule has 1 aromatic heterocycles. The van der Waals surface area contributed by atoms with Crippen molar-refractivity contribution in [2.24, 2.45) is 4.99 Å². The Hall–Kier alpha value is -2.58. The van der Waals surface area contributed by atoms with Crippen molar-refractivity contribution in [1.29, 1.82) is 0 Å². The molecule has 1 heterocycles. The second-order valence-electron chi connectivity index (χ2n) is 6.76. The Morgan fingerprint density at radius 3 is 2.53 bits per heavy atom. The minimum Gasteiger partial charge on any atom is -0.497 e. The summed E-state index contributed by atoms with van der Waals surface area (Å²) in [5.41, 5.74) is 3.07. The number of aromatic nitrogens is 1. The first-order valence-electron chi connectivity index (χ1n) is 9.43. The van der Waals surface area contributed by atoms with Gasteiger partial charge < -0.3 is 14.0 Å². The molecule has 0 N–H and O–H groups in total. The van der Waals surface area contributed by atoms with Crippen molar-refractivity contribution in [1.82, 2.24) is 4.57 Å². The summed E-state index contributed by atoms with van der Waals surface area (Å²) in [6.07, 6.45) is 0.307. The molecule has 0 fully saturated rings. The third-order valence-electron chi connectivity index (χ3n) is 4.49. The van der Waals surface area contributed by atoms with Gasteiger partial charge in [-0.15, -0.1) is 11.8 Å². The van der Waals surface area contributed by atoms with Gasteiger partial charge in [-0.25, -0.2) is 0 Å². The lowest BCUT2D eigenvalue weighted by Gasteiger charge is -2.05. The van der Waals surface area contributed by atoms with E-state index in [4.69, 9.17) is 9.47 Å². The number of thiazole rings is 1. The first-order valence-corrected chi connectivity index (χ1v) is 11.2. The monoisotopic (exact) mass is 444 g/mol. The number of methoxy groups -OCH3 is 2. The molecule has 3 rings (SSSR count). The van der Waals surface area contributed by atoms with Crippen molar-refractivity contribution in [3.05, 3.63) is 52.3 Å². The molecule has 0 atom stereocenters. The molecule has 30 heavy (non-hydrogen) atoms. The van der Waals surface area contributed by atoms with Crippen LogP contribution in [0.25, 0.3) is 10.2 Å². The van der Waals surface area contributed by atoms with Crippen molar-refractivity contribution >= 4 is 45.2 Å². The maximum Gasteiger partial charge on any atom is 0.325 e. The van der Waals surface area contributed by atoms with Gasteiger partial charge in [0, 0.05) is 17.1 Å². The Morgan fingerprint density at radius 1 is 1.13 bits per heavy atom. The number of carbonyl (C=O) groups is 2. The number of benzene rings is 2. The number of rotatable bonds is 7. The smallest absolute Gasteiger partial charge is 0.325 e. The van der Waals surface area contributed by atoms with Gasteiger partial charge >= 0.3 is 5.97 Å². The molecule has 0 spiro atoms.